The molecule has 0 aromatic heterocycles. The highest BCUT2D eigenvalue weighted by Gasteiger charge is 2.25. The summed E-state index contributed by atoms with van der Waals surface area (Å²) in [6.07, 6.45) is 3.19. The molecule has 2 amide bonds. The quantitative estimate of drug-likeness (QED) is 0.689. The first-order valence-electron chi connectivity index (χ1n) is 8.70. The van der Waals surface area contributed by atoms with Crippen molar-refractivity contribution in [2.75, 3.05) is 45.7 Å². The first-order chi connectivity index (χ1) is 12.6. The zero-order valence-corrected chi connectivity index (χ0v) is 15.4. The van der Waals surface area contributed by atoms with E-state index in [4.69, 9.17) is 9.47 Å². The van der Waals surface area contributed by atoms with Gasteiger partial charge in [0, 0.05) is 24.2 Å². The van der Waals surface area contributed by atoms with Gasteiger partial charge in [0.05, 0.1) is 20.8 Å². The molecule has 1 saturated heterocycles. The van der Waals surface area contributed by atoms with Crippen molar-refractivity contribution in [3.63, 3.8) is 0 Å². The summed E-state index contributed by atoms with van der Waals surface area (Å²) in [5.41, 5.74) is 0.659. The normalized spacial score (nSPS) is 15.2. The highest BCUT2D eigenvalue weighted by molar-refractivity contribution is 5.92. The number of hydrogen-bond acceptors (Lipinski definition) is 5. The Balaban J connectivity index is 1.80. The molecular weight excluding hydrogens is 334 g/mol. The Morgan fingerprint density at radius 1 is 1.23 bits per heavy atom. The number of anilines is 1. The van der Waals surface area contributed by atoms with Crippen LogP contribution in [0.2, 0.25) is 0 Å². The molecule has 7 heteroatoms. The standard InChI is InChI=1S/C19H27N3O4/c1-4-9-20-19(24)14-7-10-22(11-8-14)13-18(23)21-15-5-6-16(25-2)17(12-15)26-3/h4-6,12,14H,1,7-11,13H2,2-3H3,(H,20,24)(H,21,23). The lowest BCUT2D eigenvalue weighted by atomic mass is 9.96. The van der Waals surface area contributed by atoms with Gasteiger partial charge in [-0.3, -0.25) is 14.5 Å². The minimum absolute atomic E-state index is 0.0140. The molecule has 26 heavy (non-hydrogen) atoms. The third-order valence-electron chi connectivity index (χ3n) is 4.41. The number of rotatable bonds is 8. The number of benzene rings is 1. The van der Waals surface area contributed by atoms with Crippen LogP contribution in [-0.2, 0) is 9.59 Å². The molecule has 142 valence electrons. The lowest BCUT2D eigenvalue weighted by Crippen LogP contribution is -2.43. The highest BCUT2D eigenvalue weighted by atomic mass is 16.5. The molecule has 2 N–H and O–H groups in total. The molecule has 1 heterocycles. The summed E-state index contributed by atoms with van der Waals surface area (Å²) in [7, 11) is 3.12. The van der Waals surface area contributed by atoms with Crippen molar-refractivity contribution in [3.8, 4) is 11.5 Å². The van der Waals surface area contributed by atoms with E-state index in [0.29, 0.717) is 30.3 Å². The number of methoxy groups -OCH3 is 2. The molecule has 0 saturated carbocycles. The summed E-state index contributed by atoms with van der Waals surface area (Å²) < 4.78 is 10.4. The molecule has 1 fully saturated rings. The first-order valence-corrected chi connectivity index (χ1v) is 8.70. The number of carbonyl (C=O) groups is 2. The maximum atomic E-state index is 12.3. The third-order valence-corrected chi connectivity index (χ3v) is 4.41. The fourth-order valence-corrected chi connectivity index (χ4v) is 2.99. The van der Waals surface area contributed by atoms with Gasteiger partial charge in [0.2, 0.25) is 11.8 Å². The number of ether oxygens (including phenoxy) is 2. The van der Waals surface area contributed by atoms with E-state index in [0.717, 1.165) is 25.9 Å². The summed E-state index contributed by atoms with van der Waals surface area (Å²) in [5.74, 6) is 1.17. The van der Waals surface area contributed by atoms with Crippen molar-refractivity contribution >= 4 is 17.5 Å². The maximum absolute atomic E-state index is 12.3. The maximum Gasteiger partial charge on any atom is 0.238 e. The smallest absolute Gasteiger partial charge is 0.238 e. The predicted octanol–water partition coefficient (Wildman–Crippen LogP) is 1.66. The number of nitrogens with zero attached hydrogens (tertiary/aromatic N) is 1. The minimum Gasteiger partial charge on any atom is -0.493 e. The average molecular weight is 361 g/mol. The van der Waals surface area contributed by atoms with E-state index >= 15 is 0 Å². The van der Waals surface area contributed by atoms with Crippen molar-refractivity contribution in [1.29, 1.82) is 0 Å². The van der Waals surface area contributed by atoms with Gasteiger partial charge in [-0.2, -0.15) is 0 Å². The second-order valence-electron chi connectivity index (χ2n) is 6.20. The topological polar surface area (TPSA) is 79.9 Å². The van der Waals surface area contributed by atoms with Crippen LogP contribution in [-0.4, -0.2) is 57.1 Å². The summed E-state index contributed by atoms with van der Waals surface area (Å²) >= 11 is 0. The van der Waals surface area contributed by atoms with Crippen LogP contribution in [0.25, 0.3) is 0 Å². The Kier molecular flexibility index (Phi) is 7.47. The molecule has 0 spiro atoms. The summed E-state index contributed by atoms with van der Waals surface area (Å²) in [6.45, 7) is 5.84. The average Bonchev–Trinajstić information content (AvgIpc) is 2.66. The van der Waals surface area contributed by atoms with Crippen LogP contribution >= 0.6 is 0 Å². The summed E-state index contributed by atoms with van der Waals surface area (Å²) in [6, 6.07) is 5.25. The van der Waals surface area contributed by atoms with Gasteiger partial charge in [0.25, 0.3) is 0 Å². The molecule has 1 aliphatic heterocycles. The monoisotopic (exact) mass is 361 g/mol. The molecule has 0 aliphatic carbocycles. The second-order valence-corrected chi connectivity index (χ2v) is 6.20. The fourth-order valence-electron chi connectivity index (χ4n) is 2.99. The van der Waals surface area contributed by atoms with Gasteiger partial charge in [-0.1, -0.05) is 6.08 Å². The minimum atomic E-state index is -0.0909. The number of nitrogens with one attached hydrogen (secondary N) is 2. The van der Waals surface area contributed by atoms with Crippen molar-refractivity contribution in [2.45, 2.75) is 12.8 Å². The number of hydrogen-bond donors (Lipinski definition) is 2. The molecule has 0 radical (unpaired) electrons. The lowest BCUT2D eigenvalue weighted by Gasteiger charge is -2.30. The van der Waals surface area contributed by atoms with Crippen LogP contribution in [0.4, 0.5) is 5.69 Å². The van der Waals surface area contributed by atoms with Crippen LogP contribution in [0.1, 0.15) is 12.8 Å². The molecule has 2 rings (SSSR count). The Bertz CT molecular complexity index is 640. The van der Waals surface area contributed by atoms with Crippen molar-refractivity contribution in [3.05, 3.63) is 30.9 Å². The van der Waals surface area contributed by atoms with E-state index in [1.807, 2.05) is 0 Å². The highest BCUT2D eigenvalue weighted by Crippen LogP contribution is 2.29. The van der Waals surface area contributed by atoms with Gasteiger partial charge >= 0.3 is 0 Å². The molecular formula is C19H27N3O4. The first kappa shape index (κ1) is 19.8. The zero-order valence-electron chi connectivity index (χ0n) is 15.4. The van der Waals surface area contributed by atoms with Crippen LogP contribution in [0.15, 0.2) is 30.9 Å². The molecule has 0 bridgehead atoms. The molecule has 1 aliphatic rings. The second kappa shape index (κ2) is 9.82. The molecule has 0 unspecified atom stereocenters. The van der Waals surface area contributed by atoms with E-state index in [2.05, 4.69) is 22.1 Å². The molecule has 7 nitrogen and oxygen atoms in total. The largest absolute Gasteiger partial charge is 0.493 e. The van der Waals surface area contributed by atoms with E-state index in [9.17, 15) is 9.59 Å². The van der Waals surface area contributed by atoms with Gasteiger partial charge in [-0.25, -0.2) is 0 Å². The van der Waals surface area contributed by atoms with Gasteiger partial charge in [-0.05, 0) is 38.1 Å². The van der Waals surface area contributed by atoms with Gasteiger partial charge in [-0.15, -0.1) is 6.58 Å². The van der Waals surface area contributed by atoms with Gasteiger partial charge in [0.15, 0.2) is 11.5 Å². The number of likely N-dealkylation sites (tertiary alicyclic amines) is 1. The van der Waals surface area contributed by atoms with Crippen LogP contribution in [0.3, 0.4) is 0 Å². The Morgan fingerprint density at radius 2 is 1.92 bits per heavy atom. The van der Waals surface area contributed by atoms with Crippen molar-refractivity contribution in [1.82, 2.24) is 10.2 Å². The molecule has 0 atom stereocenters. The van der Waals surface area contributed by atoms with Crippen LogP contribution < -0.4 is 20.1 Å². The fraction of sp³-hybridized carbons (Fsp3) is 0.474. The summed E-state index contributed by atoms with van der Waals surface area (Å²) in [5, 5.41) is 5.70. The Morgan fingerprint density at radius 3 is 2.54 bits per heavy atom. The van der Waals surface area contributed by atoms with Crippen LogP contribution in [0, 0.1) is 5.92 Å². The predicted molar refractivity (Wildman–Crippen MR) is 101 cm³/mol. The zero-order chi connectivity index (χ0) is 18.9. The van der Waals surface area contributed by atoms with Gasteiger partial charge < -0.3 is 20.1 Å². The summed E-state index contributed by atoms with van der Waals surface area (Å²) in [4.78, 5) is 26.3. The number of piperidine rings is 1. The number of carbonyl (C=O) groups excluding carboxylic acids is 2. The lowest BCUT2D eigenvalue weighted by molar-refractivity contribution is -0.126. The van der Waals surface area contributed by atoms with Gasteiger partial charge in [0.1, 0.15) is 0 Å². The Hall–Kier alpha value is -2.54. The SMILES string of the molecule is C=CCNC(=O)C1CCN(CC(=O)Nc2ccc(OC)c(OC)c2)CC1. The van der Waals surface area contributed by atoms with E-state index in [1.54, 1.807) is 38.5 Å². The van der Waals surface area contributed by atoms with Crippen molar-refractivity contribution in [2.24, 2.45) is 5.92 Å². The van der Waals surface area contributed by atoms with Crippen LogP contribution in [0.5, 0.6) is 11.5 Å². The molecule has 1 aromatic rings. The van der Waals surface area contributed by atoms with E-state index in [1.165, 1.54) is 0 Å². The van der Waals surface area contributed by atoms with Crippen molar-refractivity contribution < 1.29 is 19.1 Å². The third kappa shape index (κ3) is 5.49. The Labute approximate surface area is 154 Å². The number of amides is 2. The molecule has 1 aromatic carbocycles. The van der Waals surface area contributed by atoms with E-state index < -0.39 is 0 Å². The van der Waals surface area contributed by atoms with E-state index in [-0.39, 0.29) is 17.7 Å².